The molecular weight excluding hydrogens is 228 g/mol. The van der Waals surface area contributed by atoms with E-state index in [0.717, 1.165) is 32.7 Å². The quantitative estimate of drug-likeness (QED) is 0.536. The van der Waals surface area contributed by atoms with Crippen molar-refractivity contribution in [1.82, 2.24) is 10.2 Å². The number of hydrogen-bond acceptors (Lipinski definition) is 3. The van der Waals surface area contributed by atoms with E-state index in [4.69, 9.17) is 0 Å². The smallest absolute Gasteiger partial charge is 0.0331 e. The minimum atomic E-state index is 0.939. The van der Waals surface area contributed by atoms with Gasteiger partial charge in [0.25, 0.3) is 0 Å². The van der Waals surface area contributed by atoms with E-state index in [9.17, 15) is 0 Å². The Morgan fingerprint density at radius 1 is 1.47 bits per heavy atom. The zero-order chi connectivity index (χ0) is 12.5. The Hall–Kier alpha value is -0.640. The summed E-state index contributed by atoms with van der Waals surface area (Å²) in [5.41, 5.74) is 1.27. The van der Waals surface area contributed by atoms with E-state index in [1.54, 1.807) is 0 Å². The van der Waals surface area contributed by atoms with Crippen LogP contribution in [-0.4, -0.2) is 31.1 Å². The lowest BCUT2D eigenvalue weighted by molar-refractivity contribution is 0.305. The van der Waals surface area contributed by atoms with Gasteiger partial charge in [-0.3, -0.25) is 4.90 Å². The Bertz CT molecular complexity index is 306. The lowest BCUT2D eigenvalue weighted by atomic mass is 10.2. The van der Waals surface area contributed by atoms with E-state index in [-0.39, 0.29) is 0 Å². The third-order valence-corrected chi connectivity index (χ3v) is 3.52. The molecule has 0 spiro atoms. The molecule has 1 aromatic heterocycles. The van der Waals surface area contributed by atoms with Gasteiger partial charge in [-0.2, -0.15) is 0 Å². The summed E-state index contributed by atoms with van der Waals surface area (Å²) in [5, 5.41) is 5.54. The normalized spacial score (nSPS) is 11.0. The highest BCUT2D eigenvalue weighted by molar-refractivity contribution is 7.09. The molecule has 0 atom stereocenters. The van der Waals surface area contributed by atoms with Crippen LogP contribution in [0.5, 0.6) is 0 Å². The second-order valence-electron chi connectivity index (χ2n) is 4.31. The van der Waals surface area contributed by atoms with Gasteiger partial charge in [0.1, 0.15) is 0 Å². The minimum Gasteiger partial charge on any atom is -0.313 e. The van der Waals surface area contributed by atoms with Crippen molar-refractivity contribution in [2.75, 3.05) is 26.2 Å². The number of nitrogens with one attached hydrogen (secondary N) is 1. The fraction of sp³-hybridized carbons (Fsp3) is 0.571. The third-order valence-electron chi connectivity index (χ3n) is 2.66. The number of thiophene rings is 1. The number of nitrogens with zero attached hydrogens (tertiary/aromatic N) is 1. The van der Waals surface area contributed by atoms with Crippen LogP contribution in [0.1, 0.15) is 25.1 Å². The molecule has 0 bridgehead atoms. The monoisotopic (exact) mass is 252 g/mol. The average molecular weight is 252 g/mol. The summed E-state index contributed by atoms with van der Waals surface area (Å²) < 4.78 is 0. The van der Waals surface area contributed by atoms with Crippen molar-refractivity contribution in [3.8, 4) is 0 Å². The molecule has 0 amide bonds. The van der Waals surface area contributed by atoms with Crippen LogP contribution in [0, 0.1) is 0 Å². The SMILES string of the molecule is C=C(CNCCC)CN(CC)Cc1cccs1. The average Bonchev–Trinajstić information content (AvgIpc) is 2.81. The van der Waals surface area contributed by atoms with Crippen molar-refractivity contribution in [3.63, 3.8) is 0 Å². The van der Waals surface area contributed by atoms with E-state index in [1.165, 1.54) is 16.9 Å². The van der Waals surface area contributed by atoms with E-state index < -0.39 is 0 Å². The molecule has 0 aliphatic rings. The van der Waals surface area contributed by atoms with Crippen molar-refractivity contribution in [2.45, 2.75) is 26.8 Å². The third kappa shape index (κ3) is 6.01. The van der Waals surface area contributed by atoms with Gasteiger partial charge in [0.2, 0.25) is 0 Å². The van der Waals surface area contributed by atoms with Gasteiger partial charge in [0.05, 0.1) is 0 Å². The molecule has 0 radical (unpaired) electrons. The molecule has 2 nitrogen and oxygen atoms in total. The molecule has 1 aromatic rings. The fourth-order valence-electron chi connectivity index (χ4n) is 1.72. The van der Waals surface area contributed by atoms with Crippen LogP contribution in [0.15, 0.2) is 29.7 Å². The summed E-state index contributed by atoms with van der Waals surface area (Å²) in [6.45, 7) is 13.7. The van der Waals surface area contributed by atoms with Gasteiger partial charge in [-0.25, -0.2) is 0 Å². The molecule has 1 rings (SSSR count). The van der Waals surface area contributed by atoms with Gasteiger partial charge in [-0.05, 0) is 36.5 Å². The molecule has 0 saturated carbocycles. The van der Waals surface area contributed by atoms with Crippen LogP contribution >= 0.6 is 11.3 Å². The molecule has 1 N–H and O–H groups in total. The van der Waals surface area contributed by atoms with E-state index >= 15 is 0 Å². The van der Waals surface area contributed by atoms with Crippen molar-refractivity contribution in [2.24, 2.45) is 0 Å². The fourth-order valence-corrected chi connectivity index (χ4v) is 2.46. The highest BCUT2D eigenvalue weighted by Gasteiger charge is 2.06. The van der Waals surface area contributed by atoms with Crippen LogP contribution < -0.4 is 5.32 Å². The number of rotatable bonds is 9. The van der Waals surface area contributed by atoms with Crippen LogP contribution in [0.25, 0.3) is 0 Å². The second kappa shape index (κ2) is 8.45. The summed E-state index contributed by atoms with van der Waals surface area (Å²) in [7, 11) is 0. The standard InChI is InChI=1S/C14H24N2S/c1-4-8-15-10-13(3)11-16(5-2)12-14-7-6-9-17-14/h6-7,9,15H,3-5,8,10-12H2,1-2H3. The van der Waals surface area contributed by atoms with Crippen molar-refractivity contribution in [3.05, 3.63) is 34.5 Å². The van der Waals surface area contributed by atoms with E-state index in [2.05, 4.69) is 48.2 Å². The van der Waals surface area contributed by atoms with Crippen LogP contribution in [0.2, 0.25) is 0 Å². The molecule has 3 heteroatoms. The number of likely N-dealkylation sites (N-methyl/N-ethyl adjacent to an activating group) is 1. The van der Waals surface area contributed by atoms with Gasteiger partial charge < -0.3 is 5.32 Å². The Balaban J connectivity index is 2.28. The van der Waals surface area contributed by atoms with Crippen molar-refractivity contribution in [1.29, 1.82) is 0 Å². The Labute approximate surface area is 109 Å². The first-order valence-corrected chi connectivity index (χ1v) is 7.26. The predicted molar refractivity (Wildman–Crippen MR) is 77.6 cm³/mol. The molecule has 0 saturated heterocycles. The van der Waals surface area contributed by atoms with Gasteiger partial charge in [0.15, 0.2) is 0 Å². The van der Waals surface area contributed by atoms with Gasteiger partial charge in [-0.1, -0.05) is 26.5 Å². The van der Waals surface area contributed by atoms with E-state index in [0.29, 0.717) is 0 Å². The van der Waals surface area contributed by atoms with Crippen molar-refractivity contribution < 1.29 is 0 Å². The largest absolute Gasteiger partial charge is 0.313 e. The molecule has 0 aromatic carbocycles. The summed E-state index contributed by atoms with van der Waals surface area (Å²) >= 11 is 1.83. The van der Waals surface area contributed by atoms with E-state index in [1.807, 2.05) is 11.3 Å². The maximum atomic E-state index is 4.14. The Kier molecular flexibility index (Phi) is 7.17. The van der Waals surface area contributed by atoms with Crippen LogP contribution in [0.4, 0.5) is 0 Å². The molecule has 0 aliphatic carbocycles. The first-order valence-electron chi connectivity index (χ1n) is 6.38. The zero-order valence-electron chi connectivity index (χ0n) is 11.0. The number of hydrogen-bond donors (Lipinski definition) is 1. The lowest BCUT2D eigenvalue weighted by Gasteiger charge is -2.21. The molecular formula is C14H24N2S. The Morgan fingerprint density at radius 2 is 2.29 bits per heavy atom. The molecule has 0 unspecified atom stereocenters. The van der Waals surface area contributed by atoms with Crippen LogP contribution in [-0.2, 0) is 6.54 Å². The topological polar surface area (TPSA) is 15.3 Å². The molecule has 0 aliphatic heterocycles. The van der Waals surface area contributed by atoms with Crippen molar-refractivity contribution >= 4 is 11.3 Å². The molecule has 17 heavy (non-hydrogen) atoms. The first kappa shape index (κ1) is 14.4. The maximum absolute atomic E-state index is 4.14. The van der Waals surface area contributed by atoms with Gasteiger partial charge in [-0.15, -0.1) is 11.3 Å². The highest BCUT2D eigenvalue weighted by atomic mass is 32.1. The summed E-state index contributed by atoms with van der Waals surface area (Å²) in [4.78, 5) is 3.86. The highest BCUT2D eigenvalue weighted by Crippen LogP contribution is 2.12. The Morgan fingerprint density at radius 3 is 2.88 bits per heavy atom. The molecule has 0 fully saturated rings. The maximum Gasteiger partial charge on any atom is 0.0331 e. The lowest BCUT2D eigenvalue weighted by Crippen LogP contribution is -2.28. The minimum absolute atomic E-state index is 0.939. The summed E-state index contributed by atoms with van der Waals surface area (Å²) in [6.07, 6.45) is 1.18. The predicted octanol–water partition coefficient (Wildman–Crippen LogP) is 3.13. The molecule has 96 valence electrons. The van der Waals surface area contributed by atoms with Gasteiger partial charge in [0, 0.05) is 24.5 Å². The zero-order valence-corrected chi connectivity index (χ0v) is 11.9. The summed E-state index contributed by atoms with van der Waals surface area (Å²) in [6, 6.07) is 4.32. The second-order valence-corrected chi connectivity index (χ2v) is 5.34. The van der Waals surface area contributed by atoms with Gasteiger partial charge >= 0.3 is 0 Å². The molecule has 1 heterocycles. The summed E-state index contributed by atoms with van der Waals surface area (Å²) in [5.74, 6) is 0. The first-order chi connectivity index (χ1) is 8.26. The van der Waals surface area contributed by atoms with Crippen LogP contribution in [0.3, 0.4) is 0 Å².